The van der Waals surface area contributed by atoms with E-state index in [1.807, 2.05) is 18.2 Å². The fraction of sp³-hybridized carbons (Fsp3) is 0.409. The molecular weight excluding hydrogens is 418 g/mol. The lowest BCUT2D eigenvalue weighted by Crippen LogP contribution is -2.40. The summed E-state index contributed by atoms with van der Waals surface area (Å²) in [5.74, 6) is 1.19. The minimum atomic E-state index is -3.70. The predicted octanol–water partition coefficient (Wildman–Crippen LogP) is 2.88. The van der Waals surface area contributed by atoms with Gasteiger partial charge in [-0.3, -0.25) is 9.69 Å². The summed E-state index contributed by atoms with van der Waals surface area (Å²) in [5, 5.41) is 2.64. The lowest BCUT2D eigenvalue weighted by molar-refractivity contribution is -0.114. The van der Waals surface area contributed by atoms with Crippen LogP contribution in [-0.2, 0) is 14.8 Å². The van der Waals surface area contributed by atoms with Gasteiger partial charge in [0.2, 0.25) is 22.7 Å². The highest BCUT2D eigenvalue weighted by molar-refractivity contribution is 7.89. The van der Waals surface area contributed by atoms with E-state index < -0.39 is 10.0 Å². The van der Waals surface area contributed by atoms with Crippen LogP contribution in [0, 0.1) is 0 Å². The van der Waals surface area contributed by atoms with Crippen LogP contribution in [0.1, 0.15) is 37.8 Å². The SMILES string of the molecule is CC(=O)Nc1ccc(S(=O)(=O)NCC(c2ccc3c(c2)OCO3)N2CCCCC2)cc1. The fourth-order valence-electron chi connectivity index (χ4n) is 4.00. The topological polar surface area (TPSA) is 97.0 Å². The van der Waals surface area contributed by atoms with Crippen molar-refractivity contribution < 1.29 is 22.7 Å². The summed E-state index contributed by atoms with van der Waals surface area (Å²) in [6.45, 7) is 3.70. The monoisotopic (exact) mass is 445 g/mol. The molecule has 2 heterocycles. The van der Waals surface area contributed by atoms with Crippen LogP contribution in [-0.4, -0.2) is 45.7 Å². The van der Waals surface area contributed by atoms with Gasteiger partial charge in [0, 0.05) is 25.2 Å². The fourth-order valence-corrected chi connectivity index (χ4v) is 5.04. The number of likely N-dealkylation sites (tertiary alicyclic amines) is 1. The van der Waals surface area contributed by atoms with E-state index in [1.165, 1.54) is 25.5 Å². The lowest BCUT2D eigenvalue weighted by Gasteiger charge is -2.35. The number of sulfonamides is 1. The summed E-state index contributed by atoms with van der Waals surface area (Å²) in [6, 6.07) is 11.8. The number of piperidine rings is 1. The van der Waals surface area contributed by atoms with Crippen LogP contribution in [0.5, 0.6) is 11.5 Å². The number of carbonyl (C=O) groups excluding carboxylic acids is 1. The largest absolute Gasteiger partial charge is 0.454 e. The van der Waals surface area contributed by atoms with Gasteiger partial charge < -0.3 is 14.8 Å². The molecule has 0 saturated carbocycles. The van der Waals surface area contributed by atoms with Crippen molar-refractivity contribution in [1.82, 2.24) is 9.62 Å². The summed E-state index contributed by atoms with van der Waals surface area (Å²) in [7, 11) is -3.70. The zero-order valence-electron chi connectivity index (χ0n) is 17.5. The van der Waals surface area contributed by atoms with Crippen molar-refractivity contribution >= 4 is 21.6 Å². The Hall–Kier alpha value is -2.62. The van der Waals surface area contributed by atoms with Crippen LogP contribution in [0.25, 0.3) is 0 Å². The van der Waals surface area contributed by atoms with Gasteiger partial charge in [0.15, 0.2) is 11.5 Å². The lowest BCUT2D eigenvalue weighted by atomic mass is 10.0. The molecule has 0 bridgehead atoms. The zero-order chi connectivity index (χ0) is 21.8. The molecule has 2 N–H and O–H groups in total. The van der Waals surface area contributed by atoms with Crippen molar-refractivity contribution in [2.45, 2.75) is 37.1 Å². The Balaban J connectivity index is 1.52. The number of hydrogen-bond donors (Lipinski definition) is 2. The molecule has 8 nitrogen and oxygen atoms in total. The number of nitrogens with zero attached hydrogens (tertiary/aromatic N) is 1. The Kier molecular flexibility index (Phi) is 6.45. The zero-order valence-corrected chi connectivity index (χ0v) is 18.3. The van der Waals surface area contributed by atoms with Crippen LogP contribution >= 0.6 is 0 Å². The predicted molar refractivity (Wildman–Crippen MR) is 117 cm³/mol. The van der Waals surface area contributed by atoms with Gasteiger partial charge in [-0.25, -0.2) is 13.1 Å². The van der Waals surface area contributed by atoms with Crippen molar-refractivity contribution in [3.8, 4) is 11.5 Å². The van der Waals surface area contributed by atoms with Gasteiger partial charge in [0.25, 0.3) is 0 Å². The second-order valence-electron chi connectivity index (χ2n) is 7.78. The van der Waals surface area contributed by atoms with Gasteiger partial charge in [0.05, 0.1) is 4.90 Å². The first-order chi connectivity index (χ1) is 14.9. The van der Waals surface area contributed by atoms with Gasteiger partial charge >= 0.3 is 0 Å². The van der Waals surface area contributed by atoms with Crippen LogP contribution in [0.2, 0.25) is 0 Å². The van der Waals surface area contributed by atoms with Crippen molar-refractivity contribution in [1.29, 1.82) is 0 Å². The summed E-state index contributed by atoms with van der Waals surface area (Å²) < 4.78 is 39.5. The standard InChI is InChI=1S/C22H27N3O5S/c1-16(26)24-18-6-8-19(9-7-18)31(27,28)23-14-20(25-11-3-2-4-12-25)17-5-10-21-22(13-17)30-15-29-21/h5-10,13,20,23H,2-4,11-12,14-15H2,1H3,(H,24,26). The summed E-state index contributed by atoms with van der Waals surface area (Å²) in [5.41, 5.74) is 1.55. The first-order valence-corrected chi connectivity index (χ1v) is 11.9. The van der Waals surface area contributed by atoms with Gasteiger partial charge in [-0.15, -0.1) is 0 Å². The molecule has 166 valence electrons. The first kappa shape index (κ1) is 21.6. The molecule has 4 rings (SSSR count). The Bertz CT molecular complexity index is 1030. The molecule has 31 heavy (non-hydrogen) atoms. The number of carbonyl (C=O) groups is 1. The van der Waals surface area contributed by atoms with Crippen LogP contribution < -0.4 is 19.5 Å². The molecule has 0 aromatic heterocycles. The third-order valence-corrected chi connectivity index (χ3v) is 7.00. The molecule has 1 fully saturated rings. The molecule has 1 amide bonds. The molecule has 0 radical (unpaired) electrons. The van der Waals surface area contributed by atoms with Crippen molar-refractivity contribution in [2.24, 2.45) is 0 Å². The minimum absolute atomic E-state index is 0.108. The van der Waals surface area contributed by atoms with E-state index in [9.17, 15) is 13.2 Å². The molecule has 0 spiro atoms. The number of benzene rings is 2. The molecular formula is C22H27N3O5S. The Morgan fingerprint density at radius 3 is 2.45 bits per heavy atom. The molecule has 1 atom stereocenters. The number of hydrogen-bond acceptors (Lipinski definition) is 6. The second-order valence-corrected chi connectivity index (χ2v) is 9.55. The molecule has 2 aromatic carbocycles. The van der Waals surface area contributed by atoms with Crippen LogP contribution in [0.15, 0.2) is 47.4 Å². The van der Waals surface area contributed by atoms with Gasteiger partial charge in [-0.1, -0.05) is 12.5 Å². The maximum Gasteiger partial charge on any atom is 0.240 e. The summed E-state index contributed by atoms with van der Waals surface area (Å²) >= 11 is 0. The van der Waals surface area contributed by atoms with Gasteiger partial charge in [0.1, 0.15) is 0 Å². The Labute approximate surface area is 182 Å². The average molecular weight is 446 g/mol. The van der Waals surface area contributed by atoms with E-state index >= 15 is 0 Å². The number of nitrogens with one attached hydrogen (secondary N) is 2. The maximum absolute atomic E-state index is 12.9. The van der Waals surface area contributed by atoms with E-state index in [0.717, 1.165) is 31.5 Å². The average Bonchev–Trinajstić information content (AvgIpc) is 3.23. The second kappa shape index (κ2) is 9.25. The third kappa shape index (κ3) is 5.17. The van der Waals surface area contributed by atoms with E-state index in [4.69, 9.17) is 9.47 Å². The summed E-state index contributed by atoms with van der Waals surface area (Å²) in [6.07, 6.45) is 3.38. The number of ether oxygens (including phenoxy) is 2. The van der Waals surface area contributed by atoms with E-state index in [-0.39, 0.29) is 30.2 Å². The molecule has 9 heteroatoms. The molecule has 1 unspecified atom stereocenters. The van der Waals surface area contributed by atoms with E-state index in [0.29, 0.717) is 17.2 Å². The molecule has 2 aliphatic rings. The molecule has 0 aliphatic carbocycles. The number of fused-ring (bicyclic) bond motifs is 1. The number of rotatable bonds is 7. The molecule has 2 aliphatic heterocycles. The Morgan fingerprint density at radius 2 is 1.74 bits per heavy atom. The van der Waals surface area contributed by atoms with Crippen molar-refractivity contribution in [3.05, 3.63) is 48.0 Å². The van der Waals surface area contributed by atoms with Gasteiger partial charge in [-0.05, 0) is 67.9 Å². The Morgan fingerprint density at radius 1 is 1.03 bits per heavy atom. The number of amides is 1. The normalized spacial score (nSPS) is 17.3. The highest BCUT2D eigenvalue weighted by Gasteiger charge is 2.26. The molecule has 2 aromatic rings. The highest BCUT2D eigenvalue weighted by atomic mass is 32.2. The first-order valence-electron chi connectivity index (χ1n) is 10.4. The quantitative estimate of drug-likeness (QED) is 0.680. The van der Waals surface area contributed by atoms with Crippen molar-refractivity contribution in [3.63, 3.8) is 0 Å². The summed E-state index contributed by atoms with van der Waals surface area (Å²) in [4.78, 5) is 13.6. The number of anilines is 1. The van der Waals surface area contributed by atoms with E-state index in [1.54, 1.807) is 12.1 Å². The minimum Gasteiger partial charge on any atom is -0.454 e. The molecule has 1 saturated heterocycles. The van der Waals surface area contributed by atoms with Crippen molar-refractivity contribution in [2.75, 3.05) is 31.7 Å². The van der Waals surface area contributed by atoms with Crippen LogP contribution in [0.3, 0.4) is 0 Å². The van der Waals surface area contributed by atoms with E-state index in [2.05, 4.69) is 14.9 Å². The third-order valence-electron chi connectivity index (χ3n) is 5.56. The van der Waals surface area contributed by atoms with Gasteiger partial charge in [-0.2, -0.15) is 0 Å². The smallest absolute Gasteiger partial charge is 0.240 e. The van der Waals surface area contributed by atoms with Crippen LogP contribution in [0.4, 0.5) is 5.69 Å². The highest BCUT2D eigenvalue weighted by Crippen LogP contribution is 2.36. The maximum atomic E-state index is 12.9.